The predicted molar refractivity (Wildman–Crippen MR) is 144 cm³/mol. The molecule has 0 radical (unpaired) electrons. The molecule has 0 bridgehead atoms. The van der Waals surface area contributed by atoms with Crippen LogP contribution in [0.15, 0.2) is 47.4 Å². The van der Waals surface area contributed by atoms with Gasteiger partial charge in [-0.25, -0.2) is 13.2 Å². The van der Waals surface area contributed by atoms with Crippen LogP contribution in [-0.4, -0.2) is 88.5 Å². The zero-order valence-electron chi connectivity index (χ0n) is 22.3. The van der Waals surface area contributed by atoms with Gasteiger partial charge in [0.2, 0.25) is 10.0 Å². The van der Waals surface area contributed by atoms with Crippen LogP contribution in [0, 0.1) is 17.8 Å². The van der Waals surface area contributed by atoms with Crippen molar-refractivity contribution < 1.29 is 32.5 Å². The first kappa shape index (κ1) is 29.3. The van der Waals surface area contributed by atoms with E-state index < -0.39 is 22.2 Å². The molecule has 1 heterocycles. The number of nitrogens with one attached hydrogen (secondary N) is 1. The largest absolute Gasteiger partial charge is 0.497 e. The lowest BCUT2D eigenvalue weighted by Gasteiger charge is -2.37. The van der Waals surface area contributed by atoms with E-state index in [1.165, 1.54) is 22.4 Å². The van der Waals surface area contributed by atoms with Gasteiger partial charge in [0.05, 0.1) is 20.3 Å². The number of fused-ring (bicyclic) bond motifs is 1. The van der Waals surface area contributed by atoms with E-state index in [1.807, 2.05) is 6.92 Å². The summed E-state index contributed by atoms with van der Waals surface area (Å²) in [7, 11) is 0.778. The van der Waals surface area contributed by atoms with Crippen LogP contribution in [0.2, 0.25) is 0 Å². The van der Waals surface area contributed by atoms with Crippen molar-refractivity contribution in [2.24, 2.45) is 5.92 Å². The third kappa shape index (κ3) is 6.96. The van der Waals surface area contributed by atoms with E-state index in [2.05, 4.69) is 17.2 Å². The molecule has 0 aromatic heterocycles. The first-order chi connectivity index (χ1) is 18.1. The number of anilines is 1. The number of sulfonamides is 1. The minimum Gasteiger partial charge on any atom is -0.497 e. The number of methoxy groups -OCH3 is 2. The summed E-state index contributed by atoms with van der Waals surface area (Å²) < 4.78 is 44.9. The molecule has 0 saturated carbocycles. The molecule has 0 unspecified atom stereocenters. The molecule has 2 aromatic carbocycles. The predicted octanol–water partition coefficient (Wildman–Crippen LogP) is 2.63. The normalized spacial score (nSPS) is 19.4. The Kier molecular flexibility index (Phi) is 9.99. The van der Waals surface area contributed by atoms with Crippen LogP contribution in [0.25, 0.3) is 0 Å². The summed E-state index contributed by atoms with van der Waals surface area (Å²) in [6, 6.07) is 10.6. The van der Waals surface area contributed by atoms with Gasteiger partial charge in [-0.3, -0.25) is 0 Å². The Labute approximate surface area is 224 Å². The highest BCUT2D eigenvalue weighted by Gasteiger charge is 2.38. The third-order valence-electron chi connectivity index (χ3n) is 6.26. The molecule has 2 N–H and O–H groups in total. The molecule has 1 aliphatic rings. The number of aliphatic hydroxyl groups excluding tert-OH is 1. The van der Waals surface area contributed by atoms with E-state index in [1.54, 1.807) is 57.5 Å². The van der Waals surface area contributed by atoms with Crippen molar-refractivity contribution in [3.63, 3.8) is 0 Å². The Bertz CT molecular complexity index is 1270. The number of rotatable bonds is 7. The van der Waals surface area contributed by atoms with Crippen LogP contribution in [0.5, 0.6) is 11.5 Å². The third-order valence-corrected chi connectivity index (χ3v) is 8.28. The maximum Gasteiger partial charge on any atom is 0.321 e. The van der Waals surface area contributed by atoms with E-state index in [9.17, 15) is 18.3 Å². The van der Waals surface area contributed by atoms with Crippen molar-refractivity contribution in [2.75, 3.05) is 52.9 Å². The lowest BCUT2D eigenvalue weighted by atomic mass is 10.0. The minimum absolute atomic E-state index is 0.0164. The van der Waals surface area contributed by atoms with Crippen molar-refractivity contribution >= 4 is 21.7 Å². The Morgan fingerprint density at radius 2 is 1.97 bits per heavy atom. The first-order valence-electron chi connectivity index (χ1n) is 12.2. The van der Waals surface area contributed by atoms with Crippen molar-refractivity contribution in [1.29, 1.82) is 0 Å². The van der Waals surface area contributed by atoms with E-state index in [0.29, 0.717) is 17.0 Å². The standard InChI is InChI=1S/C27H35N3O7S/c1-19-16-30(20(2)18-31)38(33,34)26-13-8-21(7-6-14-35-4)15-24(26)37-25(19)17-29(3)27(32)28-22-9-11-23(36-5)12-10-22/h8-13,15,19-20,25,31H,14,16-18H2,1-5H3,(H,28,32)/t19-,20-,25-/m0/s1. The average Bonchev–Trinajstić information content (AvgIpc) is 2.90. The van der Waals surface area contributed by atoms with Crippen LogP contribution >= 0.6 is 0 Å². The van der Waals surface area contributed by atoms with E-state index in [-0.39, 0.29) is 48.9 Å². The number of carbonyl (C=O) groups excluding carboxylic acids is 1. The molecule has 0 saturated heterocycles. The molecule has 0 aliphatic carbocycles. The van der Waals surface area contributed by atoms with Crippen LogP contribution < -0.4 is 14.8 Å². The number of likely N-dealkylation sites (N-methyl/N-ethyl adjacent to an activating group) is 1. The van der Waals surface area contributed by atoms with Crippen molar-refractivity contribution in [1.82, 2.24) is 9.21 Å². The van der Waals surface area contributed by atoms with Crippen molar-refractivity contribution in [2.45, 2.75) is 30.9 Å². The summed E-state index contributed by atoms with van der Waals surface area (Å²) in [4.78, 5) is 14.4. The SMILES string of the molecule is COCC#Cc1ccc2c(c1)O[C@@H](CN(C)C(=O)Nc1ccc(OC)cc1)[C@@H](C)CN([C@@H](C)CO)S2(=O)=O. The number of hydrogen-bond acceptors (Lipinski definition) is 7. The first-order valence-corrected chi connectivity index (χ1v) is 13.6. The monoisotopic (exact) mass is 545 g/mol. The second kappa shape index (κ2) is 13.0. The molecule has 2 amide bonds. The quantitative estimate of drug-likeness (QED) is 0.514. The number of aliphatic hydroxyl groups is 1. The van der Waals surface area contributed by atoms with Gasteiger partial charge in [0.25, 0.3) is 0 Å². The van der Waals surface area contributed by atoms with Gasteiger partial charge in [0.1, 0.15) is 29.1 Å². The lowest BCUT2D eigenvalue weighted by molar-refractivity contribution is 0.0830. The second-order valence-corrected chi connectivity index (χ2v) is 11.0. The van der Waals surface area contributed by atoms with Gasteiger partial charge in [-0.05, 0) is 49.4 Å². The van der Waals surface area contributed by atoms with Crippen LogP contribution in [0.1, 0.15) is 19.4 Å². The Balaban J connectivity index is 1.91. The molecule has 38 heavy (non-hydrogen) atoms. The molecule has 0 spiro atoms. The zero-order valence-corrected chi connectivity index (χ0v) is 23.1. The molecule has 11 heteroatoms. The fraction of sp³-hybridized carbons (Fsp3) is 0.444. The van der Waals surface area contributed by atoms with Crippen LogP contribution in [0.4, 0.5) is 10.5 Å². The Hall–Kier alpha value is -3.30. The van der Waals surface area contributed by atoms with E-state index in [4.69, 9.17) is 14.2 Å². The second-order valence-electron chi connectivity index (χ2n) is 9.18. The molecule has 206 valence electrons. The molecule has 2 aromatic rings. The number of amides is 2. The number of urea groups is 1. The number of ether oxygens (including phenoxy) is 3. The molecule has 3 atom stereocenters. The smallest absolute Gasteiger partial charge is 0.321 e. The highest BCUT2D eigenvalue weighted by molar-refractivity contribution is 7.89. The number of benzene rings is 2. The zero-order chi connectivity index (χ0) is 27.9. The van der Waals surface area contributed by atoms with Gasteiger partial charge in [-0.2, -0.15) is 4.31 Å². The van der Waals surface area contributed by atoms with Gasteiger partial charge in [0, 0.05) is 43.9 Å². The summed E-state index contributed by atoms with van der Waals surface area (Å²) in [5, 5.41) is 12.6. The summed E-state index contributed by atoms with van der Waals surface area (Å²) in [6.07, 6.45) is -0.550. The van der Waals surface area contributed by atoms with Crippen LogP contribution in [0.3, 0.4) is 0 Å². The molecule has 10 nitrogen and oxygen atoms in total. The molecule has 3 rings (SSSR count). The van der Waals surface area contributed by atoms with Crippen molar-refractivity contribution in [3.8, 4) is 23.3 Å². The van der Waals surface area contributed by atoms with E-state index in [0.717, 1.165) is 0 Å². The highest BCUT2D eigenvalue weighted by Crippen LogP contribution is 2.34. The van der Waals surface area contributed by atoms with Gasteiger partial charge in [-0.15, -0.1) is 0 Å². The summed E-state index contributed by atoms with van der Waals surface area (Å²) in [5.41, 5.74) is 1.17. The molecular weight excluding hydrogens is 510 g/mol. The fourth-order valence-electron chi connectivity index (χ4n) is 3.98. The molecule has 0 fully saturated rings. The molecule has 1 aliphatic heterocycles. The topological polar surface area (TPSA) is 118 Å². The Morgan fingerprint density at radius 1 is 1.26 bits per heavy atom. The number of hydrogen-bond donors (Lipinski definition) is 2. The fourth-order valence-corrected chi connectivity index (χ4v) is 5.80. The number of nitrogens with zero attached hydrogens (tertiary/aromatic N) is 2. The Morgan fingerprint density at radius 3 is 2.61 bits per heavy atom. The van der Waals surface area contributed by atoms with Gasteiger partial charge < -0.3 is 29.5 Å². The van der Waals surface area contributed by atoms with Crippen LogP contribution in [-0.2, 0) is 14.8 Å². The maximum absolute atomic E-state index is 13.6. The lowest BCUT2D eigenvalue weighted by Crippen LogP contribution is -2.50. The highest BCUT2D eigenvalue weighted by atomic mass is 32.2. The number of carbonyl (C=O) groups is 1. The van der Waals surface area contributed by atoms with E-state index >= 15 is 0 Å². The summed E-state index contributed by atoms with van der Waals surface area (Å²) in [5.74, 6) is 6.29. The summed E-state index contributed by atoms with van der Waals surface area (Å²) >= 11 is 0. The van der Waals surface area contributed by atoms with Crippen molar-refractivity contribution in [3.05, 3.63) is 48.0 Å². The minimum atomic E-state index is -3.97. The van der Waals surface area contributed by atoms with Gasteiger partial charge in [-0.1, -0.05) is 18.8 Å². The van der Waals surface area contributed by atoms with Gasteiger partial charge in [0.15, 0.2) is 0 Å². The average molecular weight is 546 g/mol. The summed E-state index contributed by atoms with van der Waals surface area (Å²) in [6.45, 7) is 3.70. The van der Waals surface area contributed by atoms with Gasteiger partial charge >= 0.3 is 6.03 Å². The maximum atomic E-state index is 13.6. The molecular formula is C27H35N3O7S.